The van der Waals surface area contributed by atoms with Gasteiger partial charge in [0.1, 0.15) is 11.5 Å². The zero-order valence-electron chi connectivity index (χ0n) is 19.3. The molecule has 0 fully saturated rings. The molecule has 0 bridgehead atoms. The lowest BCUT2D eigenvalue weighted by molar-refractivity contribution is 0.0600. The van der Waals surface area contributed by atoms with E-state index in [1.165, 1.54) is 32.2 Å². The molecular formula is C25H23Br2NO7P+. The van der Waals surface area contributed by atoms with Crippen molar-refractivity contribution in [1.82, 2.24) is 5.32 Å². The second kappa shape index (κ2) is 12.0. The third-order valence-electron chi connectivity index (χ3n) is 5.27. The highest BCUT2D eigenvalue weighted by Gasteiger charge is 2.33. The van der Waals surface area contributed by atoms with E-state index in [1.54, 1.807) is 36.4 Å². The van der Waals surface area contributed by atoms with Gasteiger partial charge < -0.3 is 25.0 Å². The number of carbonyl (C=O) groups excluding carboxylic acids is 2. The molecular weight excluding hydrogens is 617 g/mol. The number of aliphatic hydroxyl groups is 1. The first-order valence-corrected chi connectivity index (χ1v) is 13.1. The van der Waals surface area contributed by atoms with E-state index in [2.05, 4.69) is 41.9 Å². The number of hydrogen-bond acceptors (Lipinski definition) is 7. The molecule has 8 nitrogen and oxygen atoms in total. The van der Waals surface area contributed by atoms with Crippen LogP contribution in [0, 0.1) is 0 Å². The second-order valence-electron chi connectivity index (χ2n) is 7.92. The summed E-state index contributed by atoms with van der Waals surface area (Å²) in [7, 11) is 0.356. The maximum atomic E-state index is 12.7. The zero-order chi connectivity index (χ0) is 26.5. The molecule has 11 heteroatoms. The number of methoxy groups -OCH3 is 1. The van der Waals surface area contributed by atoms with Gasteiger partial charge in [0.05, 0.1) is 27.2 Å². The lowest BCUT2D eigenvalue weighted by Crippen LogP contribution is -2.25. The fraction of sp³-hybridized carbons (Fsp3) is 0.200. The Hall–Kier alpha value is -2.78. The first-order valence-electron chi connectivity index (χ1n) is 10.6. The van der Waals surface area contributed by atoms with Gasteiger partial charge in [-0.25, -0.2) is 4.79 Å². The Morgan fingerprint density at radius 2 is 1.69 bits per heavy atom. The molecule has 36 heavy (non-hydrogen) atoms. The summed E-state index contributed by atoms with van der Waals surface area (Å²) in [5, 5.41) is 21.7. The highest BCUT2D eigenvalue weighted by atomic mass is 79.9. The number of halogens is 2. The molecule has 3 rings (SSSR count). The molecule has 3 aromatic carbocycles. The Morgan fingerprint density at radius 1 is 1.06 bits per heavy atom. The van der Waals surface area contributed by atoms with Gasteiger partial charge in [0, 0.05) is 19.0 Å². The monoisotopic (exact) mass is 638 g/mol. The summed E-state index contributed by atoms with van der Waals surface area (Å²) in [6.45, 7) is 1.75. The Labute approximate surface area is 226 Å². The maximum absolute atomic E-state index is 12.7. The van der Waals surface area contributed by atoms with E-state index in [0.717, 1.165) is 5.56 Å². The molecule has 0 heterocycles. The van der Waals surface area contributed by atoms with Crippen molar-refractivity contribution in [3.8, 4) is 17.2 Å². The minimum Gasteiger partial charge on any atom is -0.507 e. The van der Waals surface area contributed by atoms with E-state index in [1.807, 2.05) is 0 Å². The molecule has 0 saturated heterocycles. The predicted molar refractivity (Wildman–Crippen MR) is 142 cm³/mol. The number of phenolic OH excluding ortho intramolecular Hbond substituents is 1. The zero-order valence-corrected chi connectivity index (χ0v) is 23.5. The summed E-state index contributed by atoms with van der Waals surface area (Å²) in [5.41, 5.74) is 1.82. The number of nitrogens with one attached hydrogen (secondary N) is 1. The summed E-state index contributed by atoms with van der Waals surface area (Å²) < 4.78 is 22.9. The van der Waals surface area contributed by atoms with Gasteiger partial charge >= 0.3 is 14.4 Å². The third kappa shape index (κ3) is 6.70. The Kier molecular flexibility index (Phi) is 9.24. The molecule has 0 saturated carbocycles. The van der Waals surface area contributed by atoms with Crippen LogP contribution in [-0.4, -0.2) is 35.7 Å². The molecule has 188 valence electrons. The summed E-state index contributed by atoms with van der Waals surface area (Å²) in [4.78, 5) is 24.2. The predicted octanol–water partition coefficient (Wildman–Crippen LogP) is 5.66. The van der Waals surface area contributed by atoms with Gasteiger partial charge in [0.2, 0.25) is 0 Å². The minimum atomic E-state index is -1.52. The van der Waals surface area contributed by atoms with Crippen molar-refractivity contribution in [3.05, 3.63) is 85.8 Å². The number of phenols is 1. The van der Waals surface area contributed by atoms with Crippen molar-refractivity contribution < 1.29 is 33.8 Å². The van der Waals surface area contributed by atoms with Crippen LogP contribution in [0.25, 0.3) is 0 Å². The number of rotatable bonds is 9. The molecule has 2 unspecified atom stereocenters. The van der Waals surface area contributed by atoms with Gasteiger partial charge in [-0.3, -0.25) is 4.79 Å². The largest absolute Gasteiger partial charge is 0.507 e. The fourth-order valence-corrected chi connectivity index (χ4v) is 4.83. The fourth-order valence-electron chi connectivity index (χ4n) is 3.22. The first kappa shape index (κ1) is 27.8. The summed E-state index contributed by atoms with van der Waals surface area (Å²) in [6.07, 6.45) is 0.518. The molecule has 3 N–H and O–H groups in total. The van der Waals surface area contributed by atoms with Crippen molar-refractivity contribution >= 4 is 52.2 Å². The Morgan fingerprint density at radius 3 is 2.28 bits per heavy atom. The lowest BCUT2D eigenvalue weighted by Gasteiger charge is -2.15. The van der Waals surface area contributed by atoms with E-state index in [9.17, 15) is 24.4 Å². The van der Waals surface area contributed by atoms with Crippen LogP contribution in [0.3, 0.4) is 0 Å². The number of benzene rings is 3. The summed E-state index contributed by atoms with van der Waals surface area (Å²) >= 11 is 6.78. The SMILES string of the molecule is COC(=O)c1ccc(CCNC(=O)c2cc(Oc3c(Br)cc(C(C)(O)[PH+]=O)cc3Br)ccc2O)cc1. The Bertz CT molecular complexity index is 1270. The molecule has 0 aliphatic rings. The summed E-state index contributed by atoms with van der Waals surface area (Å²) in [5.74, 6) is -0.440. The topological polar surface area (TPSA) is 122 Å². The lowest BCUT2D eigenvalue weighted by atomic mass is 10.1. The smallest absolute Gasteiger partial charge is 0.364 e. The van der Waals surface area contributed by atoms with Crippen LogP contribution in [0.1, 0.15) is 38.8 Å². The van der Waals surface area contributed by atoms with Gasteiger partial charge in [-0.2, -0.15) is 0 Å². The number of amides is 1. The molecule has 2 atom stereocenters. The van der Waals surface area contributed by atoms with Crippen molar-refractivity contribution in [3.63, 3.8) is 0 Å². The number of esters is 1. The summed E-state index contributed by atoms with van der Waals surface area (Å²) in [6, 6.07) is 14.3. The second-order valence-corrected chi connectivity index (χ2v) is 10.8. The van der Waals surface area contributed by atoms with Gasteiger partial charge in [-0.05, 0) is 86.3 Å². The van der Waals surface area contributed by atoms with E-state index in [0.29, 0.717) is 44.5 Å². The van der Waals surface area contributed by atoms with Crippen LogP contribution in [0.4, 0.5) is 0 Å². The van der Waals surface area contributed by atoms with Crippen LogP contribution in [0.15, 0.2) is 63.5 Å². The average molecular weight is 640 g/mol. The van der Waals surface area contributed by atoms with Gasteiger partial charge in [0.15, 0.2) is 5.75 Å². The number of ether oxygens (including phenoxy) is 2. The molecule has 0 spiro atoms. The van der Waals surface area contributed by atoms with E-state index in [4.69, 9.17) is 4.74 Å². The van der Waals surface area contributed by atoms with Gasteiger partial charge in [-0.15, -0.1) is 0 Å². The molecule has 0 radical (unpaired) electrons. The molecule has 0 aliphatic heterocycles. The highest BCUT2D eigenvalue weighted by molar-refractivity contribution is 9.11. The molecule has 0 aromatic heterocycles. The number of hydrogen-bond donors (Lipinski definition) is 3. The van der Waals surface area contributed by atoms with Crippen molar-refractivity contribution in [2.24, 2.45) is 0 Å². The maximum Gasteiger partial charge on any atom is 0.364 e. The van der Waals surface area contributed by atoms with Gasteiger partial charge in [-0.1, -0.05) is 16.7 Å². The normalized spacial score (nSPS) is 12.6. The van der Waals surface area contributed by atoms with Crippen LogP contribution in [-0.2, 0) is 21.1 Å². The molecule has 1 amide bonds. The van der Waals surface area contributed by atoms with E-state index >= 15 is 0 Å². The van der Waals surface area contributed by atoms with Crippen LogP contribution < -0.4 is 10.1 Å². The first-order chi connectivity index (χ1) is 17.1. The molecule has 0 aliphatic carbocycles. The minimum absolute atomic E-state index is 0.0351. The van der Waals surface area contributed by atoms with E-state index < -0.39 is 25.7 Å². The highest BCUT2D eigenvalue weighted by Crippen LogP contribution is 2.42. The standard InChI is InChI=1S/C25H22Br2NO7P/c1-25(32,36-33)16-11-19(26)22(20(27)12-16)35-17-7-8-21(29)18(13-17)23(30)28-10-9-14-3-5-15(6-4-14)24(31)34-2/h3-8,11-13,29,32H,9-10H2,1-2H3,(H,28,30)/p+1. The van der Waals surface area contributed by atoms with Crippen LogP contribution in [0.5, 0.6) is 17.2 Å². The quantitative estimate of drug-likeness (QED) is 0.204. The Balaban J connectivity index is 1.69. The number of aromatic hydroxyl groups is 1. The van der Waals surface area contributed by atoms with Crippen molar-refractivity contribution in [2.75, 3.05) is 13.7 Å². The average Bonchev–Trinajstić information content (AvgIpc) is 2.86. The number of carbonyl (C=O) groups is 2. The van der Waals surface area contributed by atoms with E-state index in [-0.39, 0.29) is 11.3 Å². The third-order valence-corrected chi connectivity index (χ3v) is 7.13. The van der Waals surface area contributed by atoms with Crippen LogP contribution >= 0.6 is 40.3 Å². The van der Waals surface area contributed by atoms with Gasteiger partial charge in [0.25, 0.3) is 11.2 Å². The molecule has 3 aromatic rings. The van der Waals surface area contributed by atoms with Crippen LogP contribution in [0.2, 0.25) is 0 Å². The van der Waals surface area contributed by atoms with Crippen molar-refractivity contribution in [2.45, 2.75) is 18.7 Å². The van der Waals surface area contributed by atoms with Crippen molar-refractivity contribution in [1.29, 1.82) is 0 Å².